The lowest BCUT2D eigenvalue weighted by Gasteiger charge is -2.39. The predicted molar refractivity (Wildman–Crippen MR) is 210 cm³/mol. The maximum absolute atomic E-state index is 13.3. The van der Waals surface area contributed by atoms with Gasteiger partial charge in [-0.25, -0.2) is 0 Å². The van der Waals surface area contributed by atoms with Gasteiger partial charge in [-0.2, -0.15) is 18.4 Å². The second-order valence-corrected chi connectivity index (χ2v) is 14.9. The Kier molecular flexibility index (Phi) is 13.5. The van der Waals surface area contributed by atoms with Crippen LogP contribution in [0.5, 0.6) is 5.75 Å². The van der Waals surface area contributed by atoms with E-state index in [9.17, 15) is 32.3 Å². The minimum absolute atomic E-state index is 0.0296. The highest BCUT2D eigenvalue weighted by atomic mass is 19.4. The molecule has 3 fully saturated rings. The molecule has 308 valence electrons. The number of anilines is 3. The topological polar surface area (TPSA) is 154 Å². The summed E-state index contributed by atoms with van der Waals surface area (Å²) in [6, 6.07) is 15.5. The Morgan fingerprint density at radius 3 is 2.19 bits per heavy atom. The Labute approximate surface area is 335 Å². The van der Waals surface area contributed by atoms with E-state index in [1.54, 1.807) is 20.2 Å². The fraction of sp³-hybridized carbons (Fsp3) is 0.463. The Hall–Kier alpha value is -5.73. The van der Waals surface area contributed by atoms with Crippen molar-refractivity contribution in [1.29, 1.82) is 5.26 Å². The second kappa shape index (κ2) is 18.7. The molecule has 6 rings (SSSR count). The summed E-state index contributed by atoms with van der Waals surface area (Å²) in [7, 11) is 1.59. The quantitative estimate of drug-likeness (QED) is 0.245. The Bertz CT molecular complexity index is 1990. The summed E-state index contributed by atoms with van der Waals surface area (Å²) in [5, 5.41) is 13.8. The molecular formula is C41H48F3N9O5. The van der Waals surface area contributed by atoms with E-state index in [4.69, 9.17) is 10.00 Å². The van der Waals surface area contributed by atoms with E-state index in [1.165, 1.54) is 17.0 Å². The number of ether oxygens (including phenoxy) is 1. The molecule has 1 aromatic heterocycles. The number of nitrogens with one attached hydrogen (secondary N) is 2. The zero-order valence-electron chi connectivity index (χ0n) is 32.6. The molecule has 17 heteroatoms. The van der Waals surface area contributed by atoms with Crippen molar-refractivity contribution in [3.05, 3.63) is 77.6 Å². The smallest absolute Gasteiger partial charge is 0.417 e. The summed E-state index contributed by atoms with van der Waals surface area (Å²) in [6.07, 6.45) is -2.40. The van der Waals surface area contributed by atoms with Gasteiger partial charge in [0, 0.05) is 102 Å². The minimum atomic E-state index is -4.72. The minimum Gasteiger partial charge on any atom is -0.493 e. The van der Waals surface area contributed by atoms with E-state index < -0.39 is 41.1 Å². The molecule has 4 amide bonds. The molecule has 3 saturated heterocycles. The van der Waals surface area contributed by atoms with Crippen LogP contribution in [0, 0.1) is 17.2 Å². The maximum atomic E-state index is 13.3. The summed E-state index contributed by atoms with van der Waals surface area (Å²) >= 11 is 0. The van der Waals surface area contributed by atoms with Gasteiger partial charge in [0.2, 0.25) is 23.6 Å². The lowest BCUT2D eigenvalue weighted by molar-refractivity contribution is -0.144. The van der Waals surface area contributed by atoms with Crippen LogP contribution in [0.15, 0.2) is 60.8 Å². The number of carbonyl (C=O) groups excluding carboxylic acids is 4. The Morgan fingerprint density at radius 2 is 1.59 bits per heavy atom. The van der Waals surface area contributed by atoms with Gasteiger partial charge in [0.1, 0.15) is 11.8 Å². The average molecular weight is 804 g/mol. The molecule has 4 heterocycles. The number of aromatic nitrogens is 1. The van der Waals surface area contributed by atoms with Gasteiger partial charge >= 0.3 is 6.18 Å². The van der Waals surface area contributed by atoms with E-state index in [0.29, 0.717) is 17.9 Å². The van der Waals surface area contributed by atoms with Crippen LogP contribution >= 0.6 is 0 Å². The Morgan fingerprint density at radius 1 is 0.948 bits per heavy atom. The third-order valence-electron chi connectivity index (χ3n) is 10.9. The van der Waals surface area contributed by atoms with Gasteiger partial charge in [-0.3, -0.25) is 39.3 Å². The van der Waals surface area contributed by atoms with Gasteiger partial charge < -0.3 is 24.8 Å². The summed E-state index contributed by atoms with van der Waals surface area (Å²) in [4.78, 5) is 64.7. The average Bonchev–Trinajstić information content (AvgIpc) is 3.22. The fourth-order valence-corrected chi connectivity index (χ4v) is 7.28. The Balaban J connectivity index is 0.877. The molecule has 3 aliphatic rings. The van der Waals surface area contributed by atoms with E-state index in [1.807, 2.05) is 36.4 Å². The molecule has 2 atom stereocenters. The molecule has 58 heavy (non-hydrogen) atoms. The van der Waals surface area contributed by atoms with Crippen molar-refractivity contribution in [2.24, 2.45) is 5.92 Å². The van der Waals surface area contributed by atoms with Crippen LogP contribution in [0.4, 0.5) is 30.2 Å². The first-order valence-electron chi connectivity index (χ1n) is 19.4. The molecule has 0 spiro atoms. The van der Waals surface area contributed by atoms with Crippen molar-refractivity contribution in [2.45, 2.75) is 38.4 Å². The molecular weight excluding hydrogens is 756 g/mol. The molecule has 14 nitrogen and oxygen atoms in total. The number of nitriles is 1. The maximum Gasteiger partial charge on any atom is 0.417 e. The van der Waals surface area contributed by atoms with Crippen LogP contribution in [0.2, 0.25) is 0 Å². The van der Waals surface area contributed by atoms with Gasteiger partial charge in [0.25, 0.3) is 0 Å². The van der Waals surface area contributed by atoms with Crippen molar-refractivity contribution in [2.75, 3.05) is 94.2 Å². The monoisotopic (exact) mass is 803 g/mol. The number of rotatable bonds is 13. The number of amides is 4. The number of alkyl halides is 3. The number of carbonyl (C=O) groups is 4. The van der Waals surface area contributed by atoms with Crippen molar-refractivity contribution in [1.82, 2.24) is 25.0 Å². The van der Waals surface area contributed by atoms with E-state index in [0.717, 1.165) is 89.0 Å². The van der Waals surface area contributed by atoms with Crippen LogP contribution < -0.4 is 25.2 Å². The van der Waals surface area contributed by atoms with Gasteiger partial charge in [-0.05, 0) is 61.0 Å². The number of piperazine rings is 2. The number of hydrogen-bond acceptors (Lipinski definition) is 11. The highest BCUT2D eigenvalue weighted by Gasteiger charge is 2.35. The lowest BCUT2D eigenvalue weighted by Crippen LogP contribution is -2.53. The molecule has 3 aromatic rings. The molecule has 0 aliphatic carbocycles. The number of hydrogen-bond donors (Lipinski definition) is 2. The van der Waals surface area contributed by atoms with Crippen molar-refractivity contribution < 1.29 is 37.1 Å². The molecule has 2 aromatic carbocycles. The molecule has 1 unspecified atom stereocenters. The van der Waals surface area contributed by atoms with Crippen molar-refractivity contribution in [3.8, 4) is 11.8 Å². The third kappa shape index (κ3) is 10.8. The highest BCUT2D eigenvalue weighted by Crippen LogP contribution is 2.34. The molecule has 0 saturated carbocycles. The standard InChI is InChI=1S/C41H48F3N9O5/c1-28(39(56)47-30-4-3-29(26-45)35(24-30)41(42,43)44)27-58-34-7-5-32(6-8-34)52-19-15-50(16-20-52)13-14-51-17-21-53(22-18-51)33-11-12-46-31(23-33)25-38(55)49(2)36-9-10-37(54)48-40(36)57/h3-8,11-12,23-24,28,36H,9-10,13-22,25,27H2,1-2H3,(H,47,56)(H,48,54,57)/t28-,36?/m1/s1. The summed E-state index contributed by atoms with van der Waals surface area (Å²) < 4.78 is 45.7. The van der Waals surface area contributed by atoms with Crippen molar-refractivity contribution in [3.63, 3.8) is 0 Å². The van der Waals surface area contributed by atoms with Crippen molar-refractivity contribution >= 4 is 40.7 Å². The first-order valence-corrected chi connectivity index (χ1v) is 19.4. The van der Waals surface area contributed by atoms with Crippen LogP contribution in [-0.4, -0.2) is 128 Å². The number of halogens is 3. The molecule has 2 N–H and O–H groups in total. The molecule has 0 radical (unpaired) electrons. The number of benzene rings is 2. The fourth-order valence-electron chi connectivity index (χ4n) is 7.28. The number of pyridine rings is 1. The largest absolute Gasteiger partial charge is 0.493 e. The first kappa shape index (κ1) is 41.9. The normalized spacial score (nSPS) is 18.6. The molecule has 0 bridgehead atoms. The van der Waals surface area contributed by atoms with Crippen LogP contribution in [-0.2, 0) is 31.8 Å². The number of likely N-dealkylation sites (N-methyl/N-ethyl adjacent to an activating group) is 1. The number of imide groups is 1. The van der Waals surface area contributed by atoms with E-state index in [-0.39, 0.29) is 37.0 Å². The summed E-state index contributed by atoms with van der Waals surface area (Å²) in [5.74, 6) is -1.55. The van der Waals surface area contributed by atoms with Gasteiger partial charge in [0.15, 0.2) is 0 Å². The molecule has 3 aliphatic heterocycles. The zero-order chi connectivity index (χ0) is 41.4. The highest BCUT2D eigenvalue weighted by molar-refractivity contribution is 6.01. The predicted octanol–water partition coefficient (Wildman–Crippen LogP) is 3.38. The first-order chi connectivity index (χ1) is 27.8. The lowest BCUT2D eigenvalue weighted by atomic mass is 10.0. The summed E-state index contributed by atoms with van der Waals surface area (Å²) in [6.45, 7) is 10.8. The van der Waals surface area contributed by atoms with E-state index >= 15 is 0 Å². The number of piperidine rings is 1. The van der Waals surface area contributed by atoms with Crippen LogP contribution in [0.1, 0.15) is 36.6 Å². The zero-order valence-corrected chi connectivity index (χ0v) is 32.6. The van der Waals surface area contributed by atoms with Gasteiger partial charge in [0.05, 0.1) is 41.8 Å². The summed E-state index contributed by atoms with van der Waals surface area (Å²) in [5.41, 5.74) is 1.07. The third-order valence-corrected chi connectivity index (χ3v) is 10.9. The van der Waals surface area contributed by atoms with Gasteiger partial charge in [-0.1, -0.05) is 6.92 Å². The van der Waals surface area contributed by atoms with Crippen LogP contribution in [0.25, 0.3) is 0 Å². The second-order valence-electron chi connectivity index (χ2n) is 14.9. The number of nitrogens with zero attached hydrogens (tertiary/aromatic N) is 7. The van der Waals surface area contributed by atoms with E-state index in [2.05, 4.69) is 35.2 Å². The SMILES string of the molecule is C[C@H](COc1ccc(N2CCN(CCN3CCN(c4ccnc(CC(=O)N(C)C5CCC(=O)NC5=O)c4)CC3)CC2)cc1)C(=O)Nc1ccc(C#N)c(C(F)(F)F)c1. The van der Waals surface area contributed by atoms with Gasteiger partial charge in [-0.15, -0.1) is 0 Å². The van der Waals surface area contributed by atoms with Crippen LogP contribution in [0.3, 0.4) is 0 Å².